The Bertz CT molecular complexity index is 840. The lowest BCUT2D eigenvalue weighted by Crippen LogP contribution is -1.97. The van der Waals surface area contributed by atoms with Crippen LogP contribution in [0.3, 0.4) is 0 Å². The smallest absolute Gasteiger partial charge is 0.119 e. The van der Waals surface area contributed by atoms with E-state index in [0.29, 0.717) is 0 Å². The third kappa shape index (κ3) is 2.05. The van der Waals surface area contributed by atoms with E-state index in [9.17, 15) is 5.26 Å². The van der Waals surface area contributed by atoms with Gasteiger partial charge < -0.3 is 9.30 Å². The predicted molar refractivity (Wildman–Crippen MR) is 84.3 cm³/mol. The van der Waals surface area contributed by atoms with Crippen molar-refractivity contribution in [1.82, 2.24) is 4.57 Å². The number of nitrogens with zero attached hydrogens (tertiary/aromatic N) is 2. The molecule has 0 aliphatic carbocycles. The first-order valence-corrected chi connectivity index (χ1v) is 6.96. The van der Waals surface area contributed by atoms with E-state index >= 15 is 0 Å². The molecule has 0 spiro atoms. The van der Waals surface area contributed by atoms with E-state index in [4.69, 9.17) is 4.74 Å². The van der Waals surface area contributed by atoms with Gasteiger partial charge in [-0.05, 0) is 25.1 Å². The summed E-state index contributed by atoms with van der Waals surface area (Å²) < 4.78 is 7.49. The van der Waals surface area contributed by atoms with Crippen molar-refractivity contribution in [3.63, 3.8) is 0 Å². The lowest BCUT2D eigenvalue weighted by atomic mass is 10.1. The number of para-hydroxylation sites is 1. The Labute approximate surface area is 124 Å². The largest absolute Gasteiger partial charge is 0.497 e. The van der Waals surface area contributed by atoms with Crippen LogP contribution in [0, 0.1) is 11.3 Å². The second-order valence-electron chi connectivity index (χ2n) is 4.83. The summed E-state index contributed by atoms with van der Waals surface area (Å²) in [6, 6.07) is 18.3. The molecule has 0 fully saturated rings. The number of aromatic nitrogens is 1. The second kappa shape index (κ2) is 5.34. The maximum Gasteiger partial charge on any atom is 0.119 e. The molecule has 0 N–H and O–H groups in total. The number of nitriles is 1. The fourth-order valence-corrected chi connectivity index (χ4v) is 2.82. The summed E-state index contributed by atoms with van der Waals surface area (Å²) in [7, 11) is 1.65. The summed E-state index contributed by atoms with van der Waals surface area (Å²) in [5.74, 6) is 0.796. The fourth-order valence-electron chi connectivity index (χ4n) is 2.82. The first-order chi connectivity index (χ1) is 10.3. The minimum absolute atomic E-state index is 0.723. The van der Waals surface area contributed by atoms with E-state index in [2.05, 4.69) is 23.6 Å². The number of rotatable bonds is 3. The third-order valence-corrected chi connectivity index (χ3v) is 3.74. The Morgan fingerprint density at radius 3 is 2.67 bits per heavy atom. The number of aryl methyl sites for hydroxylation is 1. The lowest BCUT2D eigenvalue weighted by Gasteiger charge is -2.09. The summed E-state index contributed by atoms with van der Waals surface area (Å²) in [6.45, 7) is 2.91. The normalized spacial score (nSPS) is 10.5. The zero-order chi connectivity index (χ0) is 14.8. The van der Waals surface area contributed by atoms with Crippen molar-refractivity contribution < 1.29 is 4.74 Å². The zero-order valence-corrected chi connectivity index (χ0v) is 12.1. The van der Waals surface area contributed by atoms with Crippen LogP contribution in [-0.4, -0.2) is 11.7 Å². The SMILES string of the molecule is CCn1c(-c2cccc(OC)c2)c(C#N)c2ccccc21. The second-order valence-corrected chi connectivity index (χ2v) is 4.83. The van der Waals surface area contributed by atoms with E-state index in [1.54, 1.807) is 7.11 Å². The van der Waals surface area contributed by atoms with Crippen molar-refractivity contribution in [2.45, 2.75) is 13.5 Å². The van der Waals surface area contributed by atoms with Crippen molar-refractivity contribution in [3.05, 3.63) is 54.1 Å². The average Bonchev–Trinajstić information content (AvgIpc) is 2.88. The van der Waals surface area contributed by atoms with E-state index in [1.807, 2.05) is 42.5 Å². The van der Waals surface area contributed by atoms with Crippen molar-refractivity contribution in [3.8, 4) is 23.1 Å². The highest BCUT2D eigenvalue weighted by atomic mass is 16.5. The van der Waals surface area contributed by atoms with E-state index in [0.717, 1.165) is 40.0 Å². The Balaban J connectivity index is 2.38. The molecule has 0 unspecified atom stereocenters. The van der Waals surface area contributed by atoms with E-state index in [1.165, 1.54) is 0 Å². The van der Waals surface area contributed by atoms with Crippen molar-refractivity contribution in [1.29, 1.82) is 5.26 Å². The molecular weight excluding hydrogens is 260 g/mol. The Morgan fingerprint density at radius 1 is 1.14 bits per heavy atom. The van der Waals surface area contributed by atoms with Crippen molar-refractivity contribution >= 4 is 10.9 Å². The molecule has 0 amide bonds. The predicted octanol–water partition coefficient (Wildman–Crippen LogP) is 4.21. The molecule has 0 atom stereocenters. The Hall–Kier alpha value is -2.73. The highest BCUT2D eigenvalue weighted by Gasteiger charge is 2.17. The van der Waals surface area contributed by atoms with E-state index < -0.39 is 0 Å². The number of benzene rings is 2. The van der Waals surface area contributed by atoms with Crippen LogP contribution < -0.4 is 4.74 Å². The molecule has 2 aromatic carbocycles. The molecule has 3 heteroatoms. The first kappa shape index (κ1) is 13.3. The van der Waals surface area contributed by atoms with Gasteiger partial charge in [0.05, 0.1) is 18.4 Å². The van der Waals surface area contributed by atoms with Crippen LogP contribution in [0.4, 0.5) is 0 Å². The van der Waals surface area contributed by atoms with Gasteiger partial charge in [-0.25, -0.2) is 0 Å². The van der Waals surface area contributed by atoms with E-state index in [-0.39, 0.29) is 0 Å². The third-order valence-electron chi connectivity index (χ3n) is 3.74. The van der Waals surface area contributed by atoms with Crippen molar-refractivity contribution in [2.24, 2.45) is 0 Å². The van der Waals surface area contributed by atoms with Gasteiger partial charge in [-0.2, -0.15) is 5.26 Å². The summed E-state index contributed by atoms with van der Waals surface area (Å²) in [6.07, 6.45) is 0. The van der Waals surface area contributed by atoms with Gasteiger partial charge in [0.15, 0.2) is 0 Å². The van der Waals surface area contributed by atoms with Crippen LogP contribution in [0.15, 0.2) is 48.5 Å². The molecule has 0 saturated heterocycles. The maximum atomic E-state index is 9.62. The van der Waals surface area contributed by atoms with Crippen LogP contribution in [0.25, 0.3) is 22.2 Å². The number of hydrogen-bond donors (Lipinski definition) is 0. The van der Waals surface area contributed by atoms with Gasteiger partial charge in [0.25, 0.3) is 0 Å². The quantitative estimate of drug-likeness (QED) is 0.718. The molecule has 104 valence electrons. The highest BCUT2D eigenvalue weighted by molar-refractivity contribution is 5.94. The van der Waals surface area contributed by atoms with Crippen molar-refractivity contribution in [2.75, 3.05) is 7.11 Å². The molecule has 0 aliphatic heterocycles. The fraction of sp³-hybridized carbons (Fsp3) is 0.167. The van der Waals surface area contributed by atoms with Crippen LogP contribution in [-0.2, 0) is 6.54 Å². The van der Waals surface area contributed by atoms with Crippen LogP contribution in [0.1, 0.15) is 12.5 Å². The first-order valence-electron chi connectivity index (χ1n) is 6.96. The topological polar surface area (TPSA) is 38.0 Å². The molecule has 21 heavy (non-hydrogen) atoms. The molecule has 0 radical (unpaired) electrons. The van der Waals surface area contributed by atoms with Gasteiger partial charge in [0.2, 0.25) is 0 Å². The maximum absolute atomic E-state index is 9.62. The van der Waals surface area contributed by atoms with Gasteiger partial charge in [-0.3, -0.25) is 0 Å². The van der Waals surface area contributed by atoms with Gasteiger partial charge >= 0.3 is 0 Å². The molecule has 0 aliphatic rings. The highest BCUT2D eigenvalue weighted by Crippen LogP contribution is 2.34. The van der Waals surface area contributed by atoms with Gasteiger partial charge in [0.1, 0.15) is 11.8 Å². The minimum atomic E-state index is 0.723. The summed E-state index contributed by atoms with van der Waals surface area (Å²) in [5.41, 5.74) is 3.78. The molecule has 3 rings (SSSR count). The van der Waals surface area contributed by atoms with Gasteiger partial charge in [0, 0.05) is 23.0 Å². The number of hydrogen-bond acceptors (Lipinski definition) is 2. The number of ether oxygens (including phenoxy) is 1. The Morgan fingerprint density at radius 2 is 1.95 bits per heavy atom. The van der Waals surface area contributed by atoms with Gasteiger partial charge in [-0.1, -0.05) is 30.3 Å². The van der Waals surface area contributed by atoms with Gasteiger partial charge in [-0.15, -0.1) is 0 Å². The monoisotopic (exact) mass is 276 g/mol. The number of fused-ring (bicyclic) bond motifs is 1. The average molecular weight is 276 g/mol. The summed E-state index contributed by atoms with van der Waals surface area (Å²) in [4.78, 5) is 0. The van der Waals surface area contributed by atoms with Crippen LogP contribution >= 0.6 is 0 Å². The lowest BCUT2D eigenvalue weighted by molar-refractivity contribution is 0.415. The standard InChI is InChI=1S/C18H16N2O/c1-3-20-17-10-5-4-9-15(17)16(12-19)18(20)13-7-6-8-14(11-13)21-2/h4-11H,3H2,1-2H3. The molecule has 0 bridgehead atoms. The molecule has 1 aromatic heterocycles. The van der Waals surface area contributed by atoms with Crippen LogP contribution in [0.2, 0.25) is 0 Å². The van der Waals surface area contributed by atoms with Crippen LogP contribution in [0.5, 0.6) is 5.75 Å². The molecule has 3 aromatic rings. The molecule has 3 nitrogen and oxygen atoms in total. The minimum Gasteiger partial charge on any atom is -0.497 e. The molecule has 0 saturated carbocycles. The molecule has 1 heterocycles. The Kier molecular flexibility index (Phi) is 3.37. The molecular formula is C18H16N2O. The summed E-state index contributed by atoms with van der Waals surface area (Å²) in [5, 5.41) is 10.6. The zero-order valence-electron chi connectivity index (χ0n) is 12.1. The summed E-state index contributed by atoms with van der Waals surface area (Å²) >= 11 is 0. The number of methoxy groups -OCH3 is 1.